The van der Waals surface area contributed by atoms with E-state index >= 15 is 0 Å². The zero-order chi connectivity index (χ0) is 16.3. The second kappa shape index (κ2) is 6.97. The highest BCUT2D eigenvalue weighted by atomic mass is 16.5. The molecule has 0 spiro atoms. The Morgan fingerprint density at radius 3 is 2.55 bits per heavy atom. The molecule has 120 valence electrons. The molecule has 0 saturated carbocycles. The van der Waals surface area contributed by atoms with Crippen molar-refractivity contribution in [1.82, 2.24) is 14.7 Å². The van der Waals surface area contributed by atoms with E-state index in [0.717, 1.165) is 31.0 Å². The Hall–Kier alpha value is -1.81. The van der Waals surface area contributed by atoms with Gasteiger partial charge in [0.25, 0.3) is 0 Å². The zero-order valence-corrected chi connectivity index (χ0v) is 14.6. The fourth-order valence-electron chi connectivity index (χ4n) is 2.73. The predicted octanol–water partition coefficient (Wildman–Crippen LogP) is 3.30. The van der Waals surface area contributed by atoms with Crippen molar-refractivity contribution >= 4 is 0 Å². The first-order chi connectivity index (χ1) is 10.5. The smallest absolute Gasteiger partial charge is 0.122 e. The number of ether oxygens (including phenoxy) is 1. The zero-order valence-electron chi connectivity index (χ0n) is 14.6. The quantitative estimate of drug-likeness (QED) is 0.820. The Labute approximate surface area is 133 Å². The van der Waals surface area contributed by atoms with Gasteiger partial charge in [-0.2, -0.15) is 5.10 Å². The third-order valence-electron chi connectivity index (χ3n) is 4.11. The monoisotopic (exact) mass is 301 g/mol. The van der Waals surface area contributed by atoms with Crippen LogP contribution in [0, 0.1) is 13.8 Å². The van der Waals surface area contributed by atoms with Crippen LogP contribution in [0.3, 0.4) is 0 Å². The Bertz CT molecular complexity index is 644. The molecule has 1 heterocycles. The van der Waals surface area contributed by atoms with Crippen LogP contribution in [0.4, 0.5) is 0 Å². The molecule has 0 amide bonds. The average Bonchev–Trinajstić information content (AvgIpc) is 2.79. The highest BCUT2D eigenvalue weighted by molar-refractivity contribution is 5.66. The summed E-state index contributed by atoms with van der Waals surface area (Å²) in [6.07, 6.45) is 0.975. The Kier molecular flexibility index (Phi) is 5.24. The summed E-state index contributed by atoms with van der Waals surface area (Å²) in [6.45, 7) is 8.23. The second-order valence-corrected chi connectivity index (χ2v) is 5.95. The van der Waals surface area contributed by atoms with Gasteiger partial charge in [-0.25, -0.2) is 0 Å². The molecule has 4 nitrogen and oxygen atoms in total. The molecule has 0 radical (unpaired) electrons. The second-order valence-electron chi connectivity index (χ2n) is 5.95. The summed E-state index contributed by atoms with van der Waals surface area (Å²) in [4.78, 5) is 2.19. The van der Waals surface area contributed by atoms with Crippen molar-refractivity contribution in [3.63, 3.8) is 0 Å². The normalized spacial score (nSPS) is 11.2. The molecule has 0 bridgehead atoms. The summed E-state index contributed by atoms with van der Waals surface area (Å²) in [5, 5.41) is 4.63. The highest BCUT2D eigenvalue weighted by Gasteiger charge is 2.14. The van der Waals surface area contributed by atoms with Crippen LogP contribution in [0.1, 0.15) is 23.7 Å². The first-order valence-corrected chi connectivity index (χ1v) is 7.84. The van der Waals surface area contributed by atoms with Crippen LogP contribution in [0.5, 0.6) is 5.75 Å². The van der Waals surface area contributed by atoms with E-state index in [1.165, 1.54) is 22.4 Å². The van der Waals surface area contributed by atoms with Gasteiger partial charge in [-0.15, -0.1) is 0 Å². The number of rotatable bonds is 6. The van der Waals surface area contributed by atoms with Crippen molar-refractivity contribution in [3.8, 4) is 17.0 Å². The van der Waals surface area contributed by atoms with Gasteiger partial charge in [0.1, 0.15) is 5.75 Å². The SMILES string of the molecule is CCn1nc(C)c(C)c1-c1ccc(OC)c(CCN(C)C)c1. The van der Waals surface area contributed by atoms with Gasteiger partial charge in [-0.3, -0.25) is 4.68 Å². The number of hydrogen-bond acceptors (Lipinski definition) is 3. The molecule has 2 rings (SSSR count). The summed E-state index contributed by atoms with van der Waals surface area (Å²) in [5.41, 5.74) is 6.03. The number of nitrogens with zero attached hydrogens (tertiary/aromatic N) is 3. The van der Waals surface area contributed by atoms with Gasteiger partial charge in [-0.05, 0) is 70.6 Å². The molecule has 1 aromatic heterocycles. The summed E-state index contributed by atoms with van der Waals surface area (Å²) >= 11 is 0. The Morgan fingerprint density at radius 1 is 1.23 bits per heavy atom. The molecule has 0 aliphatic heterocycles. The van der Waals surface area contributed by atoms with Crippen LogP contribution in [-0.4, -0.2) is 42.4 Å². The highest BCUT2D eigenvalue weighted by Crippen LogP contribution is 2.30. The fraction of sp³-hybridized carbons (Fsp3) is 0.500. The molecular formula is C18H27N3O. The van der Waals surface area contributed by atoms with Gasteiger partial charge in [0.05, 0.1) is 18.5 Å². The lowest BCUT2D eigenvalue weighted by molar-refractivity contribution is 0.392. The van der Waals surface area contributed by atoms with Gasteiger partial charge < -0.3 is 9.64 Å². The van der Waals surface area contributed by atoms with E-state index in [9.17, 15) is 0 Å². The molecule has 0 N–H and O–H groups in total. The summed E-state index contributed by atoms with van der Waals surface area (Å²) < 4.78 is 7.61. The minimum atomic E-state index is 0.878. The van der Waals surface area contributed by atoms with Crippen molar-refractivity contribution in [2.24, 2.45) is 0 Å². The van der Waals surface area contributed by atoms with Gasteiger partial charge in [0, 0.05) is 18.7 Å². The van der Waals surface area contributed by atoms with Crippen LogP contribution < -0.4 is 4.74 Å². The van der Waals surface area contributed by atoms with Gasteiger partial charge in [-0.1, -0.05) is 0 Å². The topological polar surface area (TPSA) is 30.3 Å². The number of aryl methyl sites for hydroxylation is 2. The lowest BCUT2D eigenvalue weighted by Crippen LogP contribution is -2.15. The molecule has 22 heavy (non-hydrogen) atoms. The minimum Gasteiger partial charge on any atom is -0.496 e. The largest absolute Gasteiger partial charge is 0.496 e. The van der Waals surface area contributed by atoms with Crippen molar-refractivity contribution < 1.29 is 4.74 Å². The first kappa shape index (κ1) is 16.6. The summed E-state index contributed by atoms with van der Waals surface area (Å²) in [5.74, 6) is 0.961. The lowest BCUT2D eigenvalue weighted by atomic mass is 10.0. The summed E-state index contributed by atoms with van der Waals surface area (Å²) in [6, 6.07) is 6.45. The van der Waals surface area contributed by atoms with E-state index in [1.807, 2.05) is 0 Å². The molecule has 4 heteroatoms. The number of methoxy groups -OCH3 is 1. The van der Waals surface area contributed by atoms with E-state index in [-0.39, 0.29) is 0 Å². The molecule has 1 aromatic carbocycles. The Morgan fingerprint density at radius 2 is 1.95 bits per heavy atom. The summed E-state index contributed by atoms with van der Waals surface area (Å²) in [7, 11) is 5.92. The first-order valence-electron chi connectivity index (χ1n) is 7.84. The van der Waals surface area contributed by atoms with Crippen molar-refractivity contribution in [2.75, 3.05) is 27.7 Å². The van der Waals surface area contributed by atoms with E-state index in [1.54, 1.807) is 7.11 Å². The lowest BCUT2D eigenvalue weighted by Gasteiger charge is -2.14. The average molecular weight is 301 g/mol. The van der Waals surface area contributed by atoms with Gasteiger partial charge in [0.15, 0.2) is 0 Å². The van der Waals surface area contributed by atoms with Gasteiger partial charge >= 0.3 is 0 Å². The molecule has 2 aromatic rings. The maximum Gasteiger partial charge on any atom is 0.122 e. The molecule has 0 aliphatic rings. The van der Waals surface area contributed by atoms with Crippen molar-refractivity contribution in [2.45, 2.75) is 33.7 Å². The predicted molar refractivity (Wildman–Crippen MR) is 91.6 cm³/mol. The number of likely N-dealkylation sites (N-methyl/N-ethyl adjacent to an activating group) is 1. The van der Waals surface area contributed by atoms with E-state index in [4.69, 9.17) is 4.74 Å². The van der Waals surface area contributed by atoms with Crippen molar-refractivity contribution in [3.05, 3.63) is 35.0 Å². The third-order valence-corrected chi connectivity index (χ3v) is 4.11. The molecule has 0 aliphatic carbocycles. The maximum absolute atomic E-state index is 5.52. The fourth-order valence-corrected chi connectivity index (χ4v) is 2.73. The Balaban J connectivity index is 2.46. The van der Waals surface area contributed by atoms with Crippen LogP contribution in [0.25, 0.3) is 11.3 Å². The molecule has 0 unspecified atom stereocenters. The van der Waals surface area contributed by atoms with Gasteiger partial charge in [0.2, 0.25) is 0 Å². The number of aromatic nitrogens is 2. The third kappa shape index (κ3) is 3.33. The standard InChI is InChI=1S/C18H27N3O/c1-7-21-18(13(2)14(3)19-21)16-8-9-17(22-6)15(12-16)10-11-20(4)5/h8-9,12H,7,10-11H2,1-6H3. The molecule has 0 atom stereocenters. The number of hydrogen-bond donors (Lipinski definition) is 0. The molecule has 0 saturated heterocycles. The van der Waals surface area contributed by atoms with E-state index in [2.05, 4.69) is 67.7 Å². The van der Waals surface area contributed by atoms with Crippen LogP contribution in [0.2, 0.25) is 0 Å². The molecule has 0 fully saturated rings. The minimum absolute atomic E-state index is 0.878. The maximum atomic E-state index is 5.52. The van der Waals surface area contributed by atoms with E-state index < -0.39 is 0 Å². The number of benzene rings is 1. The molecular weight excluding hydrogens is 274 g/mol. The van der Waals surface area contributed by atoms with Crippen LogP contribution in [-0.2, 0) is 13.0 Å². The van der Waals surface area contributed by atoms with E-state index in [0.29, 0.717) is 0 Å². The van der Waals surface area contributed by atoms with Crippen molar-refractivity contribution in [1.29, 1.82) is 0 Å². The van der Waals surface area contributed by atoms with Crippen LogP contribution >= 0.6 is 0 Å². The van der Waals surface area contributed by atoms with Crippen LogP contribution in [0.15, 0.2) is 18.2 Å².